The van der Waals surface area contributed by atoms with Crippen molar-refractivity contribution in [3.8, 4) is 0 Å². The fourth-order valence-electron chi connectivity index (χ4n) is 7.40. The quantitative estimate of drug-likeness (QED) is 0.571. The Labute approximate surface area is 169 Å². The maximum absolute atomic E-state index is 6.04. The summed E-state index contributed by atoms with van der Waals surface area (Å²) in [7, 11) is 0. The second-order valence-electron chi connectivity index (χ2n) is 10.3. The Morgan fingerprint density at radius 1 is 1.11 bits per heavy atom. The number of nitrogens with two attached hydrogens (primary N) is 1. The Balaban J connectivity index is 1.33. The molecular weight excluding hydrogens is 348 g/mol. The summed E-state index contributed by atoms with van der Waals surface area (Å²) >= 11 is 5.91. The zero-order valence-corrected chi connectivity index (χ0v) is 17.3. The van der Waals surface area contributed by atoms with Crippen LogP contribution in [0.3, 0.4) is 0 Å². The number of benzene rings is 1. The van der Waals surface area contributed by atoms with Gasteiger partial charge in [-0.25, -0.2) is 0 Å². The smallest absolute Gasteiger partial charge is 0.106 e. The van der Waals surface area contributed by atoms with Crippen molar-refractivity contribution in [1.82, 2.24) is 0 Å². The van der Waals surface area contributed by atoms with Crippen LogP contribution in [0.15, 0.2) is 35.3 Å². The molecule has 1 aromatic rings. The fourth-order valence-corrected chi connectivity index (χ4v) is 7.82. The van der Waals surface area contributed by atoms with Crippen LogP contribution in [0.25, 0.3) is 0 Å². The van der Waals surface area contributed by atoms with Crippen molar-refractivity contribution in [2.24, 2.45) is 39.8 Å². The van der Waals surface area contributed by atoms with E-state index in [1.54, 1.807) is 5.56 Å². The van der Waals surface area contributed by atoms with Crippen LogP contribution in [0.2, 0.25) is 0 Å². The molecule has 5 fully saturated rings. The van der Waals surface area contributed by atoms with E-state index in [-0.39, 0.29) is 0 Å². The van der Waals surface area contributed by atoms with E-state index in [2.05, 4.69) is 43.5 Å². The van der Waals surface area contributed by atoms with Gasteiger partial charge in [-0.05, 0) is 85.5 Å². The molecule has 2 N–H and O–H groups in total. The van der Waals surface area contributed by atoms with E-state index in [0.717, 1.165) is 29.7 Å². The highest BCUT2D eigenvalue weighted by molar-refractivity contribution is 7.80. The molecule has 27 heavy (non-hydrogen) atoms. The first-order valence-electron chi connectivity index (χ1n) is 10.9. The zero-order chi connectivity index (χ0) is 18.6. The second kappa shape index (κ2) is 6.49. The van der Waals surface area contributed by atoms with Crippen molar-refractivity contribution >= 4 is 23.4 Å². The van der Waals surface area contributed by atoms with Crippen LogP contribution in [-0.4, -0.2) is 17.2 Å². The van der Waals surface area contributed by atoms with Crippen LogP contribution >= 0.6 is 12.2 Å². The van der Waals surface area contributed by atoms with Gasteiger partial charge in [0.25, 0.3) is 0 Å². The molecule has 0 radical (unpaired) electrons. The predicted octanol–water partition coefficient (Wildman–Crippen LogP) is 5.30. The molecule has 2 nitrogen and oxygen atoms in total. The average molecular weight is 381 g/mol. The largest absolute Gasteiger partial charge is 0.328 e. The van der Waals surface area contributed by atoms with Gasteiger partial charge in [0.15, 0.2) is 0 Å². The van der Waals surface area contributed by atoms with E-state index < -0.39 is 0 Å². The van der Waals surface area contributed by atoms with E-state index in [4.69, 9.17) is 22.9 Å². The molecule has 4 bridgehead atoms. The normalized spacial score (nSPS) is 45.6. The fraction of sp³-hybridized carbons (Fsp3) is 0.667. The Kier molecular flexibility index (Phi) is 4.32. The zero-order valence-electron chi connectivity index (χ0n) is 16.4. The van der Waals surface area contributed by atoms with Gasteiger partial charge >= 0.3 is 0 Å². The monoisotopic (exact) mass is 380 g/mol. The standard InChI is InChI=1S/C24H32N2S/c1-23-11-17-12-24(15-23,18-5-3-2-4-6-18)13-20(23)21(17)22(27)26-14-16-7-9-19(25)10-8-16/h2-6,14,16-17,19-21H,7-13,15,25H2,1H3/b26-14+. The van der Waals surface area contributed by atoms with Crippen molar-refractivity contribution in [3.63, 3.8) is 0 Å². The molecule has 0 aliphatic heterocycles. The Morgan fingerprint density at radius 2 is 1.85 bits per heavy atom. The molecule has 5 atom stereocenters. The molecule has 5 aliphatic carbocycles. The van der Waals surface area contributed by atoms with Gasteiger partial charge in [-0.3, -0.25) is 4.99 Å². The molecule has 5 unspecified atom stereocenters. The highest BCUT2D eigenvalue weighted by atomic mass is 32.1. The molecule has 6 rings (SSSR count). The molecule has 144 valence electrons. The van der Waals surface area contributed by atoms with Crippen molar-refractivity contribution in [1.29, 1.82) is 0 Å². The number of hydrogen-bond acceptors (Lipinski definition) is 2. The summed E-state index contributed by atoms with van der Waals surface area (Å²) in [5, 5.41) is 0. The molecule has 1 aromatic carbocycles. The van der Waals surface area contributed by atoms with Crippen LogP contribution < -0.4 is 5.73 Å². The summed E-state index contributed by atoms with van der Waals surface area (Å²) < 4.78 is 0. The molecular formula is C24H32N2S. The van der Waals surface area contributed by atoms with Crippen LogP contribution in [0.1, 0.15) is 63.9 Å². The molecule has 0 saturated heterocycles. The summed E-state index contributed by atoms with van der Waals surface area (Å²) in [5.41, 5.74) is 8.46. The lowest BCUT2D eigenvalue weighted by Crippen LogP contribution is -2.37. The molecule has 0 amide bonds. The van der Waals surface area contributed by atoms with Gasteiger partial charge in [0.1, 0.15) is 4.99 Å². The lowest BCUT2D eigenvalue weighted by atomic mass is 9.62. The molecule has 0 aromatic heterocycles. The summed E-state index contributed by atoms with van der Waals surface area (Å²) in [6.45, 7) is 2.53. The number of nitrogens with zero attached hydrogens (tertiary/aromatic N) is 1. The van der Waals surface area contributed by atoms with Gasteiger partial charge in [-0.2, -0.15) is 0 Å². The van der Waals surface area contributed by atoms with Gasteiger partial charge in [0.2, 0.25) is 0 Å². The maximum Gasteiger partial charge on any atom is 0.106 e. The third-order valence-electron chi connectivity index (χ3n) is 8.47. The Bertz CT molecular complexity index is 751. The average Bonchev–Trinajstić information content (AvgIpc) is 3.00. The van der Waals surface area contributed by atoms with Crippen LogP contribution in [0, 0.1) is 29.1 Å². The van der Waals surface area contributed by atoms with Gasteiger partial charge in [0, 0.05) is 18.2 Å². The first-order chi connectivity index (χ1) is 13.0. The van der Waals surface area contributed by atoms with Crippen LogP contribution in [0.5, 0.6) is 0 Å². The number of aliphatic imine (C=N–C) groups is 1. The van der Waals surface area contributed by atoms with Crippen molar-refractivity contribution in [2.45, 2.75) is 69.7 Å². The van der Waals surface area contributed by atoms with Gasteiger partial charge in [-0.15, -0.1) is 0 Å². The first-order valence-corrected chi connectivity index (χ1v) is 11.3. The summed E-state index contributed by atoms with van der Waals surface area (Å²) in [6.07, 6.45) is 12.1. The number of rotatable bonds is 3. The maximum atomic E-state index is 6.04. The van der Waals surface area contributed by atoms with E-state index in [1.165, 1.54) is 38.5 Å². The number of thiocarbonyl (C=S) groups is 1. The highest BCUT2D eigenvalue weighted by Gasteiger charge is 2.66. The minimum Gasteiger partial charge on any atom is -0.328 e. The molecule has 3 heteroatoms. The summed E-state index contributed by atoms with van der Waals surface area (Å²) in [6, 6.07) is 11.7. The van der Waals surface area contributed by atoms with E-state index in [0.29, 0.717) is 28.7 Å². The summed E-state index contributed by atoms with van der Waals surface area (Å²) in [5.74, 6) is 2.57. The van der Waals surface area contributed by atoms with Crippen LogP contribution in [-0.2, 0) is 5.41 Å². The van der Waals surface area contributed by atoms with Crippen LogP contribution in [0.4, 0.5) is 0 Å². The topological polar surface area (TPSA) is 38.4 Å². The molecule has 0 spiro atoms. The predicted molar refractivity (Wildman–Crippen MR) is 116 cm³/mol. The minimum atomic E-state index is 0.400. The van der Waals surface area contributed by atoms with Gasteiger partial charge < -0.3 is 5.73 Å². The first kappa shape index (κ1) is 18.0. The molecule has 0 heterocycles. The minimum absolute atomic E-state index is 0.400. The van der Waals surface area contributed by atoms with E-state index in [9.17, 15) is 0 Å². The van der Waals surface area contributed by atoms with E-state index >= 15 is 0 Å². The number of hydrogen-bond donors (Lipinski definition) is 1. The second-order valence-corrected chi connectivity index (χ2v) is 10.7. The van der Waals surface area contributed by atoms with Crippen molar-refractivity contribution in [3.05, 3.63) is 35.9 Å². The Morgan fingerprint density at radius 3 is 2.56 bits per heavy atom. The van der Waals surface area contributed by atoms with Crippen molar-refractivity contribution in [2.75, 3.05) is 0 Å². The molecule has 5 aliphatic rings. The third kappa shape index (κ3) is 2.93. The van der Waals surface area contributed by atoms with Crippen molar-refractivity contribution < 1.29 is 0 Å². The van der Waals surface area contributed by atoms with Gasteiger partial charge in [-0.1, -0.05) is 49.5 Å². The van der Waals surface area contributed by atoms with Gasteiger partial charge in [0.05, 0.1) is 0 Å². The highest BCUT2D eigenvalue weighted by Crippen LogP contribution is 2.72. The Hall–Kier alpha value is -1.06. The lowest BCUT2D eigenvalue weighted by Gasteiger charge is -2.42. The lowest BCUT2D eigenvalue weighted by molar-refractivity contribution is 0.184. The molecule has 5 saturated carbocycles. The SMILES string of the molecule is CC12CC3CC(c4ccccc4)(CC1C3C(=S)/N=C/C1CCC(N)CC1)C2. The van der Waals surface area contributed by atoms with E-state index in [1.807, 2.05) is 0 Å². The third-order valence-corrected chi connectivity index (χ3v) is 8.85. The summed E-state index contributed by atoms with van der Waals surface area (Å²) in [4.78, 5) is 5.89.